The molecule has 0 aliphatic carbocycles. The summed E-state index contributed by atoms with van der Waals surface area (Å²) < 4.78 is 13.4. The predicted molar refractivity (Wildman–Crippen MR) is 76.0 cm³/mol. The first-order chi connectivity index (χ1) is 8.91. The Balaban J connectivity index is 2.06. The summed E-state index contributed by atoms with van der Waals surface area (Å²) in [6, 6.07) is 4.72. The van der Waals surface area contributed by atoms with Gasteiger partial charge in [-0.05, 0) is 57.5 Å². The molecule has 4 heteroatoms. The molecule has 0 saturated carbocycles. The number of nitrogens with zero attached hydrogens (tertiary/aromatic N) is 1. The van der Waals surface area contributed by atoms with Crippen LogP contribution in [-0.2, 0) is 6.42 Å². The van der Waals surface area contributed by atoms with E-state index in [0.717, 1.165) is 18.7 Å². The molecule has 1 N–H and O–H groups in total. The molecule has 0 amide bonds. The fourth-order valence-electron chi connectivity index (χ4n) is 2.64. The predicted octanol–water partition coefficient (Wildman–Crippen LogP) is 3.26. The summed E-state index contributed by atoms with van der Waals surface area (Å²) in [4.78, 5) is 2.31. The molecule has 1 atom stereocenters. The molecule has 1 aromatic rings. The van der Waals surface area contributed by atoms with Crippen LogP contribution in [0, 0.1) is 5.82 Å². The van der Waals surface area contributed by atoms with Crippen LogP contribution in [-0.4, -0.2) is 34.7 Å². The van der Waals surface area contributed by atoms with Crippen LogP contribution in [0.5, 0.6) is 0 Å². The van der Waals surface area contributed by atoms with Crippen molar-refractivity contribution < 1.29 is 9.50 Å². The number of hydrogen-bond donors (Lipinski definition) is 1. The number of aliphatic hydroxyl groups excluding tert-OH is 1. The summed E-state index contributed by atoms with van der Waals surface area (Å²) in [6.07, 6.45) is 2.29. The molecule has 106 valence electrons. The van der Waals surface area contributed by atoms with E-state index in [4.69, 9.17) is 11.6 Å². The van der Waals surface area contributed by atoms with E-state index in [1.165, 1.54) is 18.9 Å². The molecule has 1 unspecified atom stereocenters. The van der Waals surface area contributed by atoms with E-state index in [9.17, 15) is 9.50 Å². The van der Waals surface area contributed by atoms with E-state index >= 15 is 0 Å². The summed E-state index contributed by atoms with van der Waals surface area (Å²) in [5.41, 5.74) is 0.494. The van der Waals surface area contributed by atoms with Crippen LogP contribution in [0.4, 0.5) is 4.39 Å². The molecule has 2 nitrogen and oxygen atoms in total. The van der Waals surface area contributed by atoms with Crippen LogP contribution in [0.2, 0.25) is 5.02 Å². The molecule has 1 aliphatic heterocycles. The van der Waals surface area contributed by atoms with Gasteiger partial charge in [0.1, 0.15) is 5.82 Å². The largest absolute Gasteiger partial charge is 0.391 e. The van der Waals surface area contributed by atoms with Crippen LogP contribution in [0.1, 0.15) is 32.3 Å². The zero-order chi connectivity index (χ0) is 14.0. The third-order valence-corrected chi connectivity index (χ3v) is 4.46. The third kappa shape index (κ3) is 3.28. The second kappa shape index (κ2) is 5.78. The van der Waals surface area contributed by atoms with Crippen molar-refractivity contribution in [1.29, 1.82) is 0 Å². The molecule has 2 rings (SSSR count). The Labute approximate surface area is 119 Å². The second-order valence-electron chi connectivity index (χ2n) is 5.82. The van der Waals surface area contributed by atoms with Crippen molar-refractivity contribution in [2.24, 2.45) is 0 Å². The lowest BCUT2D eigenvalue weighted by molar-refractivity contribution is 0.00334. The topological polar surface area (TPSA) is 23.5 Å². The quantitative estimate of drug-likeness (QED) is 0.918. The highest BCUT2D eigenvalue weighted by Gasteiger charge is 2.35. The third-order valence-electron chi connectivity index (χ3n) is 4.15. The molecule has 0 radical (unpaired) electrons. The molecule has 1 heterocycles. The number of benzene rings is 1. The smallest absolute Gasteiger partial charge is 0.142 e. The minimum Gasteiger partial charge on any atom is -0.391 e. The molecule has 0 bridgehead atoms. The van der Waals surface area contributed by atoms with Gasteiger partial charge in [-0.25, -0.2) is 4.39 Å². The molecular formula is C15H21ClFNO. The lowest BCUT2D eigenvalue weighted by atomic mass is 9.90. The molecule has 1 aromatic carbocycles. The molecule has 0 spiro atoms. The van der Waals surface area contributed by atoms with Crippen LogP contribution < -0.4 is 0 Å². The lowest BCUT2D eigenvalue weighted by Gasteiger charge is -2.39. The van der Waals surface area contributed by atoms with Crippen molar-refractivity contribution in [3.05, 3.63) is 34.6 Å². The van der Waals surface area contributed by atoms with Gasteiger partial charge in [0.15, 0.2) is 0 Å². The Bertz CT molecular complexity index is 444. The Morgan fingerprint density at radius 1 is 1.37 bits per heavy atom. The highest BCUT2D eigenvalue weighted by Crippen LogP contribution is 2.27. The van der Waals surface area contributed by atoms with Crippen molar-refractivity contribution in [2.75, 3.05) is 13.1 Å². The summed E-state index contributed by atoms with van der Waals surface area (Å²) in [5.74, 6) is -0.426. The maximum atomic E-state index is 13.4. The molecule has 19 heavy (non-hydrogen) atoms. The average Bonchev–Trinajstić information content (AvgIpc) is 2.88. The minimum atomic E-state index is -0.522. The van der Waals surface area contributed by atoms with E-state index in [1.54, 1.807) is 12.1 Å². The monoisotopic (exact) mass is 285 g/mol. The molecule has 1 saturated heterocycles. The SMILES string of the molecule is CC(C)(C(O)Cc1ccc(Cl)c(F)c1)N1CCCC1. The fourth-order valence-corrected chi connectivity index (χ4v) is 2.76. The van der Waals surface area contributed by atoms with Crippen molar-refractivity contribution >= 4 is 11.6 Å². The van der Waals surface area contributed by atoms with E-state index in [0.29, 0.717) is 6.42 Å². The van der Waals surface area contributed by atoms with Crippen LogP contribution in [0.3, 0.4) is 0 Å². The maximum absolute atomic E-state index is 13.4. The first kappa shape index (κ1) is 14.8. The van der Waals surface area contributed by atoms with E-state index < -0.39 is 11.9 Å². The molecular weight excluding hydrogens is 265 g/mol. The number of rotatable bonds is 4. The van der Waals surface area contributed by atoms with Gasteiger partial charge in [0.25, 0.3) is 0 Å². The van der Waals surface area contributed by atoms with E-state index in [-0.39, 0.29) is 10.6 Å². The standard InChI is InChI=1S/C15H21ClFNO/c1-15(2,18-7-3-4-8-18)14(19)10-11-5-6-12(16)13(17)9-11/h5-6,9,14,19H,3-4,7-8,10H2,1-2H3. The van der Waals surface area contributed by atoms with E-state index in [2.05, 4.69) is 18.7 Å². The van der Waals surface area contributed by atoms with Gasteiger partial charge in [-0.2, -0.15) is 0 Å². The van der Waals surface area contributed by atoms with E-state index in [1.807, 2.05) is 0 Å². The zero-order valence-corrected chi connectivity index (χ0v) is 12.3. The zero-order valence-electron chi connectivity index (χ0n) is 11.5. The highest BCUT2D eigenvalue weighted by atomic mass is 35.5. The summed E-state index contributed by atoms with van der Waals surface area (Å²) in [6.45, 7) is 6.16. The van der Waals surface area contributed by atoms with Crippen molar-refractivity contribution in [3.63, 3.8) is 0 Å². The number of aliphatic hydroxyl groups is 1. The normalized spacial score (nSPS) is 18.8. The van der Waals surface area contributed by atoms with Crippen LogP contribution >= 0.6 is 11.6 Å². The molecule has 1 aliphatic rings. The Hall–Kier alpha value is -0.640. The molecule has 1 fully saturated rings. The molecule has 0 aromatic heterocycles. The fraction of sp³-hybridized carbons (Fsp3) is 0.600. The second-order valence-corrected chi connectivity index (χ2v) is 6.22. The van der Waals surface area contributed by atoms with Gasteiger partial charge in [0.05, 0.1) is 11.1 Å². The van der Waals surface area contributed by atoms with Gasteiger partial charge in [-0.3, -0.25) is 4.90 Å². The Morgan fingerprint density at radius 3 is 2.58 bits per heavy atom. The van der Waals surface area contributed by atoms with Crippen molar-refractivity contribution in [3.8, 4) is 0 Å². The summed E-state index contributed by atoms with van der Waals surface area (Å²) >= 11 is 5.66. The van der Waals surface area contributed by atoms with Gasteiger partial charge < -0.3 is 5.11 Å². The Morgan fingerprint density at radius 2 is 2.00 bits per heavy atom. The highest BCUT2D eigenvalue weighted by molar-refractivity contribution is 6.30. The number of hydrogen-bond acceptors (Lipinski definition) is 2. The minimum absolute atomic E-state index is 0.122. The van der Waals surface area contributed by atoms with Gasteiger partial charge in [-0.1, -0.05) is 17.7 Å². The summed E-state index contributed by atoms with van der Waals surface area (Å²) in [5, 5.41) is 10.6. The van der Waals surface area contributed by atoms with Crippen LogP contribution in [0.15, 0.2) is 18.2 Å². The first-order valence-corrected chi connectivity index (χ1v) is 7.16. The summed E-state index contributed by atoms with van der Waals surface area (Å²) in [7, 11) is 0. The van der Waals surface area contributed by atoms with Gasteiger partial charge in [0, 0.05) is 12.0 Å². The first-order valence-electron chi connectivity index (χ1n) is 6.78. The average molecular weight is 286 g/mol. The van der Waals surface area contributed by atoms with Crippen LogP contribution in [0.25, 0.3) is 0 Å². The lowest BCUT2D eigenvalue weighted by Crippen LogP contribution is -2.51. The van der Waals surface area contributed by atoms with Crippen molar-refractivity contribution in [1.82, 2.24) is 4.90 Å². The Kier molecular flexibility index (Phi) is 4.49. The maximum Gasteiger partial charge on any atom is 0.142 e. The van der Waals surface area contributed by atoms with Gasteiger partial charge in [0.2, 0.25) is 0 Å². The van der Waals surface area contributed by atoms with Crippen molar-refractivity contribution in [2.45, 2.75) is 44.8 Å². The number of halogens is 2. The number of likely N-dealkylation sites (tertiary alicyclic amines) is 1. The van der Waals surface area contributed by atoms with Gasteiger partial charge in [-0.15, -0.1) is 0 Å². The van der Waals surface area contributed by atoms with Gasteiger partial charge >= 0.3 is 0 Å².